The molecular weight excluding hydrogens is 208 g/mol. The summed E-state index contributed by atoms with van der Waals surface area (Å²) in [6, 6.07) is 10.8. The van der Waals surface area contributed by atoms with Crippen LogP contribution in [0.4, 0.5) is 0 Å². The number of rotatable bonds is 0. The number of aryl methyl sites for hydroxylation is 2. The largest absolute Gasteiger partial charge is 0.488 e. The van der Waals surface area contributed by atoms with E-state index in [0.29, 0.717) is 6.61 Å². The summed E-state index contributed by atoms with van der Waals surface area (Å²) >= 11 is 0. The van der Waals surface area contributed by atoms with E-state index >= 15 is 0 Å². The molecule has 1 nitrogen and oxygen atoms in total. The van der Waals surface area contributed by atoms with Crippen molar-refractivity contribution in [3.05, 3.63) is 52.6 Å². The summed E-state index contributed by atoms with van der Waals surface area (Å²) < 4.78 is 5.87. The Bertz CT molecular complexity index is 597. The standard InChI is InChI=1S/C16H16O/c1-10-4-6-14-13-7-5-11(2)12(3)15(13)9-17-16(14)8-10/h4-8H,9H2,1-3H3. The quantitative estimate of drug-likeness (QED) is 0.652. The average molecular weight is 224 g/mol. The van der Waals surface area contributed by atoms with Crippen LogP contribution in [0.1, 0.15) is 22.3 Å². The predicted octanol–water partition coefficient (Wildman–Crippen LogP) is 4.17. The van der Waals surface area contributed by atoms with Gasteiger partial charge < -0.3 is 4.74 Å². The molecule has 0 amide bonds. The number of benzene rings is 2. The van der Waals surface area contributed by atoms with E-state index in [4.69, 9.17) is 4.74 Å². The van der Waals surface area contributed by atoms with Gasteiger partial charge in [-0.3, -0.25) is 0 Å². The third-order valence-electron chi connectivity index (χ3n) is 3.67. The van der Waals surface area contributed by atoms with E-state index in [0.717, 1.165) is 5.75 Å². The SMILES string of the molecule is Cc1ccc2c(c1)OCc1c-2ccc(C)c1C. The van der Waals surface area contributed by atoms with Crippen LogP contribution in [0.25, 0.3) is 11.1 Å². The second-order valence-corrected chi connectivity index (χ2v) is 4.82. The van der Waals surface area contributed by atoms with E-state index < -0.39 is 0 Å². The van der Waals surface area contributed by atoms with Crippen molar-refractivity contribution in [1.29, 1.82) is 0 Å². The fourth-order valence-electron chi connectivity index (χ4n) is 2.43. The lowest BCUT2D eigenvalue weighted by molar-refractivity contribution is 0.301. The van der Waals surface area contributed by atoms with E-state index in [-0.39, 0.29) is 0 Å². The maximum Gasteiger partial charge on any atom is 0.127 e. The Kier molecular flexibility index (Phi) is 2.22. The number of fused-ring (bicyclic) bond motifs is 3. The Hall–Kier alpha value is -1.76. The first-order valence-corrected chi connectivity index (χ1v) is 6.00. The minimum Gasteiger partial charge on any atom is -0.488 e. The molecule has 0 aliphatic carbocycles. The molecule has 2 aromatic carbocycles. The topological polar surface area (TPSA) is 9.23 Å². The van der Waals surface area contributed by atoms with Gasteiger partial charge in [-0.05, 0) is 49.1 Å². The van der Waals surface area contributed by atoms with Crippen molar-refractivity contribution in [3.63, 3.8) is 0 Å². The van der Waals surface area contributed by atoms with Gasteiger partial charge in [0.05, 0.1) is 0 Å². The third-order valence-corrected chi connectivity index (χ3v) is 3.67. The molecule has 0 N–H and O–H groups in total. The molecule has 0 saturated heterocycles. The number of hydrogen-bond donors (Lipinski definition) is 0. The second-order valence-electron chi connectivity index (χ2n) is 4.82. The zero-order chi connectivity index (χ0) is 12.0. The fraction of sp³-hybridized carbons (Fsp3) is 0.250. The minimum atomic E-state index is 0.694. The molecule has 0 aromatic heterocycles. The summed E-state index contributed by atoms with van der Waals surface area (Å²) in [7, 11) is 0. The summed E-state index contributed by atoms with van der Waals surface area (Å²) in [6.45, 7) is 7.12. The Morgan fingerprint density at radius 1 is 0.941 bits per heavy atom. The molecule has 0 bridgehead atoms. The van der Waals surface area contributed by atoms with Crippen molar-refractivity contribution < 1.29 is 4.74 Å². The molecule has 3 rings (SSSR count). The lowest BCUT2D eigenvalue weighted by Crippen LogP contribution is -2.08. The molecule has 0 fully saturated rings. The van der Waals surface area contributed by atoms with Crippen molar-refractivity contribution in [2.24, 2.45) is 0 Å². The van der Waals surface area contributed by atoms with E-state index in [2.05, 4.69) is 51.1 Å². The van der Waals surface area contributed by atoms with Gasteiger partial charge in [0.15, 0.2) is 0 Å². The third kappa shape index (κ3) is 1.54. The lowest BCUT2D eigenvalue weighted by atomic mass is 9.91. The summed E-state index contributed by atoms with van der Waals surface area (Å²) in [6.07, 6.45) is 0. The maximum atomic E-state index is 5.87. The molecule has 86 valence electrons. The fourth-order valence-corrected chi connectivity index (χ4v) is 2.43. The van der Waals surface area contributed by atoms with E-state index in [1.54, 1.807) is 0 Å². The molecule has 0 radical (unpaired) electrons. The van der Waals surface area contributed by atoms with Gasteiger partial charge >= 0.3 is 0 Å². The van der Waals surface area contributed by atoms with Crippen LogP contribution in [0.5, 0.6) is 5.75 Å². The van der Waals surface area contributed by atoms with Crippen LogP contribution < -0.4 is 4.74 Å². The van der Waals surface area contributed by atoms with Gasteiger partial charge in [0.1, 0.15) is 12.4 Å². The molecule has 2 aromatic rings. The lowest BCUT2D eigenvalue weighted by Gasteiger charge is -2.23. The van der Waals surface area contributed by atoms with Crippen LogP contribution in [0.2, 0.25) is 0 Å². The Morgan fingerprint density at radius 3 is 2.53 bits per heavy atom. The van der Waals surface area contributed by atoms with Crippen molar-refractivity contribution in [3.8, 4) is 16.9 Å². The van der Waals surface area contributed by atoms with Crippen molar-refractivity contribution in [1.82, 2.24) is 0 Å². The highest BCUT2D eigenvalue weighted by molar-refractivity contribution is 5.76. The second kappa shape index (κ2) is 3.63. The molecule has 1 heterocycles. The molecule has 1 aliphatic heterocycles. The average Bonchev–Trinajstić information content (AvgIpc) is 2.33. The first-order chi connectivity index (χ1) is 8.16. The summed E-state index contributed by atoms with van der Waals surface area (Å²) in [5.74, 6) is 1.01. The molecule has 1 aliphatic rings. The summed E-state index contributed by atoms with van der Waals surface area (Å²) in [5, 5.41) is 0. The Labute approximate surface area is 102 Å². The van der Waals surface area contributed by atoms with Crippen molar-refractivity contribution in [2.75, 3.05) is 0 Å². The van der Waals surface area contributed by atoms with Gasteiger partial charge in [0.25, 0.3) is 0 Å². The zero-order valence-electron chi connectivity index (χ0n) is 10.5. The first kappa shape index (κ1) is 10.4. The smallest absolute Gasteiger partial charge is 0.127 e. The first-order valence-electron chi connectivity index (χ1n) is 6.00. The van der Waals surface area contributed by atoms with Crippen LogP contribution in [0, 0.1) is 20.8 Å². The monoisotopic (exact) mass is 224 g/mol. The van der Waals surface area contributed by atoms with Gasteiger partial charge in [-0.1, -0.05) is 24.3 Å². The molecule has 17 heavy (non-hydrogen) atoms. The molecule has 1 heteroatoms. The Balaban J connectivity index is 2.27. The van der Waals surface area contributed by atoms with E-state index in [1.807, 2.05) is 0 Å². The molecule has 0 spiro atoms. The van der Waals surface area contributed by atoms with Gasteiger partial charge in [0, 0.05) is 11.1 Å². The highest BCUT2D eigenvalue weighted by Gasteiger charge is 2.19. The maximum absolute atomic E-state index is 5.87. The molecule has 0 atom stereocenters. The normalized spacial score (nSPS) is 12.6. The van der Waals surface area contributed by atoms with Gasteiger partial charge in [0.2, 0.25) is 0 Å². The summed E-state index contributed by atoms with van der Waals surface area (Å²) in [4.78, 5) is 0. The van der Waals surface area contributed by atoms with Crippen LogP contribution in [0.3, 0.4) is 0 Å². The van der Waals surface area contributed by atoms with Gasteiger partial charge in [-0.15, -0.1) is 0 Å². The van der Waals surface area contributed by atoms with Crippen LogP contribution >= 0.6 is 0 Å². The van der Waals surface area contributed by atoms with E-state index in [1.165, 1.54) is 33.4 Å². The molecule has 0 unspecified atom stereocenters. The van der Waals surface area contributed by atoms with Crippen molar-refractivity contribution in [2.45, 2.75) is 27.4 Å². The number of hydrogen-bond acceptors (Lipinski definition) is 1. The molecule has 0 saturated carbocycles. The molecular formula is C16H16O. The van der Waals surface area contributed by atoms with Crippen molar-refractivity contribution >= 4 is 0 Å². The zero-order valence-corrected chi connectivity index (χ0v) is 10.5. The van der Waals surface area contributed by atoms with Crippen LogP contribution in [-0.2, 0) is 6.61 Å². The van der Waals surface area contributed by atoms with Crippen LogP contribution in [0.15, 0.2) is 30.3 Å². The highest BCUT2D eigenvalue weighted by atomic mass is 16.5. The Morgan fingerprint density at radius 2 is 1.71 bits per heavy atom. The van der Waals surface area contributed by atoms with E-state index in [9.17, 15) is 0 Å². The van der Waals surface area contributed by atoms with Gasteiger partial charge in [-0.2, -0.15) is 0 Å². The highest BCUT2D eigenvalue weighted by Crippen LogP contribution is 2.39. The van der Waals surface area contributed by atoms with Crippen LogP contribution in [-0.4, -0.2) is 0 Å². The van der Waals surface area contributed by atoms with Gasteiger partial charge in [-0.25, -0.2) is 0 Å². The summed E-state index contributed by atoms with van der Waals surface area (Å²) in [5.41, 5.74) is 7.82. The minimum absolute atomic E-state index is 0.694. The number of ether oxygens (including phenoxy) is 1. The predicted molar refractivity (Wildman–Crippen MR) is 70.4 cm³/mol.